The van der Waals surface area contributed by atoms with Gasteiger partial charge < -0.3 is 16.0 Å². The normalized spacial score (nSPS) is 12.3. The Hall–Kier alpha value is -0.750. The molecule has 4 nitrogen and oxygen atoms in total. The monoisotopic (exact) mass is 465 g/mol. The van der Waals surface area contributed by atoms with Gasteiger partial charge in [-0.05, 0) is 37.7 Å². The molecule has 0 spiro atoms. The third kappa shape index (κ3) is 11.3. The maximum Gasteiger partial charge on any atom is 0.228 e. The highest BCUT2D eigenvalue weighted by Gasteiger charge is 2.34. The lowest BCUT2D eigenvalue weighted by molar-refractivity contribution is -0.122. The molecular formula is C20H30Cl3N3OS. The number of benzene rings is 1. The number of carbonyl (C=O) groups is 1. The first kappa shape index (κ1) is 25.3. The molecule has 0 aromatic heterocycles. The minimum atomic E-state index is -1.74. The Bertz CT molecular complexity index is 606. The van der Waals surface area contributed by atoms with E-state index >= 15 is 0 Å². The molecule has 0 aliphatic rings. The quantitative estimate of drug-likeness (QED) is 0.156. The van der Waals surface area contributed by atoms with Crippen molar-refractivity contribution in [1.82, 2.24) is 10.6 Å². The van der Waals surface area contributed by atoms with Gasteiger partial charge in [0.25, 0.3) is 0 Å². The lowest BCUT2D eigenvalue weighted by Crippen LogP contribution is -2.56. The van der Waals surface area contributed by atoms with Gasteiger partial charge in [-0.3, -0.25) is 4.79 Å². The fourth-order valence-electron chi connectivity index (χ4n) is 2.61. The molecule has 1 aromatic carbocycles. The zero-order valence-electron chi connectivity index (χ0n) is 16.5. The molecule has 0 saturated carbocycles. The molecular weight excluding hydrogens is 437 g/mol. The maximum absolute atomic E-state index is 12.2. The van der Waals surface area contributed by atoms with E-state index in [9.17, 15) is 4.79 Å². The number of unbranched alkanes of at least 4 members (excludes halogenated alkanes) is 6. The number of alkyl halides is 3. The number of halogens is 3. The summed E-state index contributed by atoms with van der Waals surface area (Å²) in [6.45, 7) is 4.20. The van der Waals surface area contributed by atoms with Crippen LogP contribution in [0.2, 0.25) is 0 Å². The second-order valence-corrected chi connectivity index (χ2v) is 9.66. The van der Waals surface area contributed by atoms with Gasteiger partial charge in [0.2, 0.25) is 9.70 Å². The fraction of sp³-hybridized carbons (Fsp3) is 0.600. The Balaban J connectivity index is 2.42. The minimum Gasteiger partial charge on any atom is -0.339 e. The molecule has 8 heteroatoms. The SMILES string of the molecule is CCCCCCCCCC(=O)N[C@H](NC(=S)Nc1ccc(C)cc1)C(Cl)(Cl)Cl. The van der Waals surface area contributed by atoms with E-state index in [2.05, 4.69) is 22.9 Å². The third-order valence-electron chi connectivity index (χ3n) is 4.22. The van der Waals surface area contributed by atoms with Gasteiger partial charge in [-0.2, -0.15) is 0 Å². The second-order valence-electron chi connectivity index (χ2n) is 6.88. The first-order chi connectivity index (χ1) is 13.2. The first-order valence-corrected chi connectivity index (χ1v) is 11.3. The highest BCUT2D eigenvalue weighted by atomic mass is 35.6. The molecule has 0 aliphatic carbocycles. The van der Waals surface area contributed by atoms with Crippen LogP contribution in [0.25, 0.3) is 0 Å². The molecule has 1 amide bonds. The summed E-state index contributed by atoms with van der Waals surface area (Å²) in [5.41, 5.74) is 1.95. The van der Waals surface area contributed by atoms with Gasteiger partial charge in [-0.15, -0.1) is 0 Å². The molecule has 0 heterocycles. The van der Waals surface area contributed by atoms with Crippen molar-refractivity contribution in [2.45, 2.75) is 75.2 Å². The Morgan fingerprint density at radius 3 is 2.14 bits per heavy atom. The Morgan fingerprint density at radius 2 is 1.57 bits per heavy atom. The van der Waals surface area contributed by atoms with E-state index in [1.165, 1.54) is 25.7 Å². The zero-order valence-corrected chi connectivity index (χ0v) is 19.6. The number of aryl methyl sites for hydroxylation is 1. The van der Waals surface area contributed by atoms with Crippen LogP contribution < -0.4 is 16.0 Å². The number of hydrogen-bond donors (Lipinski definition) is 3. The fourth-order valence-corrected chi connectivity index (χ4v) is 3.17. The van der Waals surface area contributed by atoms with Gasteiger partial charge in [0.15, 0.2) is 5.11 Å². The van der Waals surface area contributed by atoms with E-state index in [1.807, 2.05) is 31.2 Å². The van der Waals surface area contributed by atoms with Crippen LogP contribution in [0.15, 0.2) is 24.3 Å². The van der Waals surface area contributed by atoms with Crippen LogP contribution in [-0.2, 0) is 4.79 Å². The second kappa shape index (κ2) is 13.5. The van der Waals surface area contributed by atoms with Crippen LogP contribution in [0.1, 0.15) is 63.9 Å². The average molecular weight is 467 g/mol. The molecule has 1 rings (SSSR count). The number of carbonyl (C=O) groups excluding carboxylic acids is 1. The van der Waals surface area contributed by atoms with E-state index in [4.69, 9.17) is 47.0 Å². The number of rotatable bonds is 11. The van der Waals surface area contributed by atoms with Crippen LogP contribution in [0.5, 0.6) is 0 Å². The number of thiocarbonyl (C=S) groups is 1. The number of amides is 1. The lowest BCUT2D eigenvalue weighted by Gasteiger charge is -2.27. The van der Waals surface area contributed by atoms with Gasteiger partial charge in [-0.25, -0.2) is 0 Å². The largest absolute Gasteiger partial charge is 0.339 e. The topological polar surface area (TPSA) is 53.2 Å². The van der Waals surface area contributed by atoms with Crippen LogP contribution >= 0.6 is 47.0 Å². The van der Waals surface area contributed by atoms with Gasteiger partial charge in [0.1, 0.15) is 6.17 Å². The molecule has 0 saturated heterocycles. The standard InChI is InChI=1S/C20H30Cl3N3OS/c1-3-4-5-6-7-8-9-10-17(27)25-18(20(21,22)23)26-19(28)24-16-13-11-15(2)12-14-16/h11-14,18H,3-10H2,1-2H3,(H,25,27)(H2,24,26,28)/t18-/m1/s1. The van der Waals surface area contributed by atoms with E-state index in [0.29, 0.717) is 6.42 Å². The first-order valence-electron chi connectivity index (χ1n) is 9.72. The van der Waals surface area contributed by atoms with Crippen molar-refractivity contribution in [2.75, 3.05) is 5.32 Å². The van der Waals surface area contributed by atoms with Crippen LogP contribution in [0.4, 0.5) is 5.69 Å². The Labute approximate surface area is 189 Å². The molecule has 1 aromatic rings. The minimum absolute atomic E-state index is 0.171. The Kier molecular flexibility index (Phi) is 12.2. The summed E-state index contributed by atoms with van der Waals surface area (Å²) in [7, 11) is 0. The molecule has 158 valence electrons. The van der Waals surface area contributed by atoms with Crippen molar-refractivity contribution >= 4 is 63.7 Å². The zero-order chi connectivity index (χ0) is 21.0. The predicted octanol–water partition coefficient (Wildman–Crippen LogP) is 6.23. The summed E-state index contributed by atoms with van der Waals surface area (Å²) in [4.78, 5) is 12.2. The smallest absolute Gasteiger partial charge is 0.228 e. The summed E-state index contributed by atoms with van der Waals surface area (Å²) in [5.74, 6) is -0.171. The average Bonchev–Trinajstić information content (AvgIpc) is 2.61. The predicted molar refractivity (Wildman–Crippen MR) is 125 cm³/mol. The maximum atomic E-state index is 12.2. The summed E-state index contributed by atoms with van der Waals surface area (Å²) in [6, 6.07) is 7.71. The summed E-state index contributed by atoms with van der Waals surface area (Å²) < 4.78 is -1.74. The van der Waals surface area contributed by atoms with Crippen molar-refractivity contribution in [3.05, 3.63) is 29.8 Å². The van der Waals surface area contributed by atoms with Gasteiger partial charge in [0, 0.05) is 12.1 Å². The van der Waals surface area contributed by atoms with Crippen molar-refractivity contribution in [1.29, 1.82) is 0 Å². The van der Waals surface area contributed by atoms with Crippen LogP contribution in [0, 0.1) is 6.92 Å². The summed E-state index contributed by atoms with van der Waals surface area (Å²) >= 11 is 23.3. The third-order valence-corrected chi connectivity index (χ3v) is 5.10. The van der Waals surface area contributed by atoms with Crippen LogP contribution in [-0.4, -0.2) is 21.0 Å². The number of anilines is 1. The lowest BCUT2D eigenvalue weighted by atomic mass is 10.1. The highest BCUT2D eigenvalue weighted by molar-refractivity contribution is 7.80. The van der Waals surface area contributed by atoms with E-state index in [1.54, 1.807) is 0 Å². The van der Waals surface area contributed by atoms with Crippen molar-refractivity contribution in [3.8, 4) is 0 Å². The number of nitrogens with one attached hydrogen (secondary N) is 3. The van der Waals surface area contributed by atoms with Crippen molar-refractivity contribution in [3.63, 3.8) is 0 Å². The van der Waals surface area contributed by atoms with Gasteiger partial charge in [-0.1, -0.05) is 97.9 Å². The van der Waals surface area contributed by atoms with E-state index < -0.39 is 9.96 Å². The molecule has 28 heavy (non-hydrogen) atoms. The molecule has 0 fully saturated rings. The molecule has 0 aliphatic heterocycles. The van der Waals surface area contributed by atoms with Crippen molar-refractivity contribution in [2.24, 2.45) is 0 Å². The highest BCUT2D eigenvalue weighted by Crippen LogP contribution is 2.29. The van der Waals surface area contributed by atoms with Crippen LogP contribution in [0.3, 0.4) is 0 Å². The molecule has 3 N–H and O–H groups in total. The summed E-state index contributed by atoms with van der Waals surface area (Å²) in [5, 5.41) is 8.86. The van der Waals surface area contributed by atoms with Gasteiger partial charge >= 0.3 is 0 Å². The van der Waals surface area contributed by atoms with Crippen molar-refractivity contribution < 1.29 is 4.79 Å². The molecule has 0 radical (unpaired) electrons. The van der Waals surface area contributed by atoms with Gasteiger partial charge in [0.05, 0.1) is 0 Å². The summed E-state index contributed by atoms with van der Waals surface area (Å²) in [6.07, 6.45) is 7.42. The number of hydrogen-bond acceptors (Lipinski definition) is 2. The van der Waals surface area contributed by atoms with E-state index in [-0.39, 0.29) is 11.0 Å². The molecule has 0 bridgehead atoms. The Morgan fingerprint density at radius 1 is 1.00 bits per heavy atom. The molecule has 1 atom stereocenters. The molecule has 0 unspecified atom stereocenters. The van der Waals surface area contributed by atoms with E-state index in [0.717, 1.165) is 30.5 Å².